The van der Waals surface area contributed by atoms with Gasteiger partial charge in [-0.3, -0.25) is 0 Å². The molecule has 3 rings (SSSR count). The van der Waals surface area contributed by atoms with Gasteiger partial charge in [0.25, 0.3) is 0 Å². The van der Waals surface area contributed by atoms with Crippen molar-refractivity contribution in [3.05, 3.63) is 0 Å². The summed E-state index contributed by atoms with van der Waals surface area (Å²) in [5, 5.41) is 99.6. The molecule has 194 valence electrons. The van der Waals surface area contributed by atoms with E-state index in [2.05, 4.69) is 0 Å². The van der Waals surface area contributed by atoms with E-state index in [-0.39, 0.29) is 0 Å². The summed E-state index contributed by atoms with van der Waals surface area (Å²) < 4.78 is 26.3. The SMILES string of the molecule is C[C@@H]1OC(OC[C@H]2OC(O[C@H]3C(O)O[C@H](CO)[C@@H](O)[C@@H]3O)[C@H](O)[C@@H](O)[C@H]2O)[C@@H](O)[C@H](O)[C@@H]1O. The molecule has 0 aromatic rings. The molecular weight excluding hydrogens is 456 g/mol. The summed E-state index contributed by atoms with van der Waals surface area (Å²) in [6.07, 6.45) is -23.6. The second kappa shape index (κ2) is 11.0. The summed E-state index contributed by atoms with van der Waals surface area (Å²) in [7, 11) is 0. The van der Waals surface area contributed by atoms with Crippen molar-refractivity contribution in [3.63, 3.8) is 0 Å². The minimum atomic E-state index is -1.85. The molecule has 10 N–H and O–H groups in total. The van der Waals surface area contributed by atoms with Crippen molar-refractivity contribution < 1.29 is 74.7 Å². The highest BCUT2D eigenvalue weighted by Crippen LogP contribution is 2.29. The van der Waals surface area contributed by atoms with Crippen LogP contribution >= 0.6 is 0 Å². The van der Waals surface area contributed by atoms with Crippen LogP contribution in [0.2, 0.25) is 0 Å². The molecule has 0 bridgehead atoms. The van der Waals surface area contributed by atoms with Gasteiger partial charge >= 0.3 is 0 Å². The van der Waals surface area contributed by atoms with Crippen molar-refractivity contribution in [1.82, 2.24) is 0 Å². The average Bonchev–Trinajstić information content (AvgIpc) is 2.79. The minimum absolute atomic E-state index is 0.538. The number of rotatable bonds is 6. The van der Waals surface area contributed by atoms with Crippen LogP contribution in [0.1, 0.15) is 6.92 Å². The lowest BCUT2D eigenvalue weighted by atomic mass is 9.97. The summed E-state index contributed by atoms with van der Waals surface area (Å²) in [5.41, 5.74) is 0. The molecule has 3 unspecified atom stereocenters. The first kappa shape index (κ1) is 27.0. The first-order chi connectivity index (χ1) is 15.5. The molecule has 0 aromatic carbocycles. The van der Waals surface area contributed by atoms with Crippen molar-refractivity contribution in [1.29, 1.82) is 0 Å². The van der Waals surface area contributed by atoms with Gasteiger partial charge in [-0.25, -0.2) is 0 Å². The van der Waals surface area contributed by atoms with Gasteiger partial charge in [0.15, 0.2) is 18.9 Å². The van der Waals surface area contributed by atoms with Gasteiger partial charge in [-0.1, -0.05) is 0 Å². The van der Waals surface area contributed by atoms with Gasteiger partial charge in [-0.2, -0.15) is 0 Å². The van der Waals surface area contributed by atoms with Crippen LogP contribution in [-0.2, 0) is 23.7 Å². The van der Waals surface area contributed by atoms with E-state index in [9.17, 15) is 46.0 Å². The van der Waals surface area contributed by atoms with Crippen LogP contribution in [0.3, 0.4) is 0 Å². The Morgan fingerprint density at radius 3 is 1.82 bits per heavy atom. The van der Waals surface area contributed by atoms with Gasteiger partial charge in [-0.05, 0) is 6.92 Å². The lowest BCUT2D eigenvalue weighted by molar-refractivity contribution is -0.367. The second-order valence-electron chi connectivity index (χ2n) is 8.36. The minimum Gasteiger partial charge on any atom is -0.394 e. The molecule has 15 atom stereocenters. The van der Waals surface area contributed by atoms with E-state index in [1.807, 2.05) is 0 Å². The fourth-order valence-electron chi connectivity index (χ4n) is 3.88. The van der Waals surface area contributed by atoms with Gasteiger partial charge in [-0.15, -0.1) is 0 Å². The molecule has 3 heterocycles. The van der Waals surface area contributed by atoms with Crippen molar-refractivity contribution >= 4 is 0 Å². The van der Waals surface area contributed by atoms with Crippen molar-refractivity contribution in [2.75, 3.05) is 13.2 Å². The number of ether oxygens (including phenoxy) is 5. The third-order valence-corrected chi connectivity index (χ3v) is 6.04. The molecule has 0 saturated carbocycles. The maximum Gasteiger partial charge on any atom is 0.187 e. The molecule has 0 spiro atoms. The molecule has 15 nitrogen and oxygen atoms in total. The van der Waals surface area contributed by atoms with E-state index in [4.69, 9.17) is 28.8 Å². The number of aliphatic hydroxyl groups excluding tert-OH is 10. The zero-order chi connectivity index (χ0) is 24.6. The molecular formula is C18H32O15. The number of hydrogen-bond acceptors (Lipinski definition) is 15. The predicted molar refractivity (Wildman–Crippen MR) is 99.8 cm³/mol. The fraction of sp³-hybridized carbons (Fsp3) is 1.00. The molecule has 3 saturated heterocycles. The summed E-state index contributed by atoms with van der Waals surface area (Å²) in [5.74, 6) is 0. The third kappa shape index (κ3) is 5.48. The Kier molecular flexibility index (Phi) is 8.99. The normalized spacial score (nSPS) is 53.7. The maximum atomic E-state index is 10.2. The zero-order valence-electron chi connectivity index (χ0n) is 17.6. The van der Waals surface area contributed by atoms with Crippen LogP contribution in [0, 0.1) is 0 Å². The largest absolute Gasteiger partial charge is 0.394 e. The monoisotopic (exact) mass is 488 g/mol. The molecule has 0 aliphatic carbocycles. The fourth-order valence-corrected chi connectivity index (χ4v) is 3.88. The van der Waals surface area contributed by atoms with E-state index in [1.54, 1.807) is 0 Å². The summed E-state index contributed by atoms with van der Waals surface area (Å²) in [6.45, 7) is 0.197. The first-order valence-electron chi connectivity index (χ1n) is 10.4. The van der Waals surface area contributed by atoms with Gasteiger partial charge in [0.05, 0.1) is 19.3 Å². The smallest absolute Gasteiger partial charge is 0.187 e. The lowest BCUT2D eigenvalue weighted by Gasteiger charge is -2.45. The van der Waals surface area contributed by atoms with Crippen LogP contribution < -0.4 is 0 Å². The van der Waals surface area contributed by atoms with E-state index >= 15 is 0 Å². The second-order valence-corrected chi connectivity index (χ2v) is 8.36. The molecule has 0 amide bonds. The van der Waals surface area contributed by atoms with Gasteiger partial charge in [0.2, 0.25) is 0 Å². The van der Waals surface area contributed by atoms with E-state index < -0.39 is 105 Å². The Labute approximate surface area is 187 Å². The average molecular weight is 488 g/mol. The molecule has 3 fully saturated rings. The Bertz CT molecular complexity index is 626. The van der Waals surface area contributed by atoms with Crippen LogP contribution in [0.4, 0.5) is 0 Å². The molecule has 3 aliphatic rings. The summed E-state index contributed by atoms with van der Waals surface area (Å²) in [6, 6.07) is 0. The Hall–Kier alpha value is -0.600. The first-order valence-corrected chi connectivity index (χ1v) is 10.4. The lowest BCUT2D eigenvalue weighted by Crippen LogP contribution is -2.64. The molecule has 15 heteroatoms. The van der Waals surface area contributed by atoms with Gasteiger partial charge < -0.3 is 74.7 Å². The van der Waals surface area contributed by atoms with Gasteiger partial charge in [0.1, 0.15) is 67.1 Å². The molecule has 0 aromatic heterocycles. The predicted octanol–water partition coefficient (Wildman–Crippen LogP) is -6.55. The Balaban J connectivity index is 1.64. The highest BCUT2D eigenvalue weighted by molar-refractivity contribution is 4.94. The van der Waals surface area contributed by atoms with E-state index in [0.717, 1.165) is 0 Å². The number of hydrogen-bond donors (Lipinski definition) is 10. The highest BCUT2D eigenvalue weighted by Gasteiger charge is 2.51. The van der Waals surface area contributed by atoms with Crippen molar-refractivity contribution in [2.24, 2.45) is 0 Å². The number of aliphatic hydroxyl groups is 10. The molecule has 33 heavy (non-hydrogen) atoms. The summed E-state index contributed by atoms with van der Waals surface area (Å²) >= 11 is 0. The Morgan fingerprint density at radius 2 is 1.18 bits per heavy atom. The van der Waals surface area contributed by atoms with Gasteiger partial charge in [0, 0.05) is 0 Å². The standard InChI is InChI=1S/C18H32O15/c1-4-7(20)10(23)13(26)17(30-4)29-3-6-9(22)11(24)14(27)18(32-6)33-15-12(25)8(21)5(2-19)31-16(15)28/h4-28H,2-3H2,1H3/t4-,5+,6+,7+,8+,9-,10+,11-,12-,13-,14+,15+,16?,17?,18?/m0/s1. The topological polar surface area (TPSA) is 248 Å². The van der Waals surface area contributed by atoms with Crippen molar-refractivity contribution in [2.45, 2.75) is 99.0 Å². The van der Waals surface area contributed by atoms with E-state index in [1.165, 1.54) is 6.92 Å². The quantitative estimate of drug-likeness (QED) is 0.167. The van der Waals surface area contributed by atoms with Crippen LogP contribution in [0.25, 0.3) is 0 Å². The van der Waals surface area contributed by atoms with Crippen molar-refractivity contribution in [3.8, 4) is 0 Å². The van der Waals surface area contributed by atoms with E-state index in [0.29, 0.717) is 0 Å². The van der Waals surface area contributed by atoms with Crippen LogP contribution in [0.5, 0.6) is 0 Å². The zero-order valence-corrected chi connectivity index (χ0v) is 17.6. The maximum absolute atomic E-state index is 10.2. The molecule has 3 aliphatic heterocycles. The van der Waals surface area contributed by atoms with Crippen LogP contribution in [0.15, 0.2) is 0 Å². The summed E-state index contributed by atoms with van der Waals surface area (Å²) in [4.78, 5) is 0. The Morgan fingerprint density at radius 1 is 0.606 bits per heavy atom. The highest BCUT2D eigenvalue weighted by atomic mass is 16.7. The van der Waals surface area contributed by atoms with Crippen LogP contribution in [-0.4, -0.2) is 156 Å². The third-order valence-electron chi connectivity index (χ3n) is 6.04. The molecule has 0 radical (unpaired) electrons.